The maximum Gasteiger partial charge on any atom is 0.410 e. The van der Waals surface area contributed by atoms with E-state index in [4.69, 9.17) is 5.11 Å². The summed E-state index contributed by atoms with van der Waals surface area (Å²) >= 11 is 0. The molecule has 23 heavy (non-hydrogen) atoms. The molecule has 0 atom stereocenters. The molecule has 1 aromatic carbocycles. The molecule has 0 aliphatic rings. The lowest BCUT2D eigenvalue weighted by Crippen LogP contribution is -2.13. The quantitative estimate of drug-likeness (QED) is 0.849. The second kappa shape index (κ2) is 6.12. The molecule has 0 aliphatic carbocycles. The molecular formula is C16H19N3O4. The third-order valence-corrected chi connectivity index (χ3v) is 3.25. The number of hydrogen-bond acceptors (Lipinski definition) is 4. The summed E-state index contributed by atoms with van der Waals surface area (Å²) in [6.07, 6.45) is -1.17. The lowest BCUT2D eigenvalue weighted by Gasteiger charge is -2.14. The molecule has 122 valence electrons. The van der Waals surface area contributed by atoms with Gasteiger partial charge >= 0.3 is 12.1 Å². The van der Waals surface area contributed by atoms with Gasteiger partial charge in [-0.05, 0) is 24.3 Å². The van der Waals surface area contributed by atoms with Gasteiger partial charge in [-0.25, -0.2) is 14.3 Å². The van der Waals surface area contributed by atoms with Gasteiger partial charge in [-0.15, -0.1) is 0 Å². The van der Waals surface area contributed by atoms with E-state index >= 15 is 0 Å². The first kappa shape index (κ1) is 16.5. The minimum Gasteiger partial charge on any atom is -0.465 e. The van der Waals surface area contributed by atoms with E-state index in [0.29, 0.717) is 17.1 Å². The number of nitrogens with one attached hydrogen (secondary N) is 1. The van der Waals surface area contributed by atoms with Crippen molar-refractivity contribution in [3.8, 4) is 5.69 Å². The van der Waals surface area contributed by atoms with E-state index in [-0.39, 0.29) is 5.41 Å². The van der Waals surface area contributed by atoms with Gasteiger partial charge in [0.1, 0.15) is 5.82 Å². The highest BCUT2D eigenvalue weighted by Gasteiger charge is 2.21. The summed E-state index contributed by atoms with van der Waals surface area (Å²) < 4.78 is 6.15. The molecular weight excluding hydrogens is 298 g/mol. The Bertz CT molecular complexity index is 727. The number of nitrogens with zero attached hydrogens (tertiary/aromatic N) is 2. The molecule has 1 amide bonds. The Morgan fingerprint density at radius 1 is 1.22 bits per heavy atom. The summed E-state index contributed by atoms with van der Waals surface area (Å²) in [6.45, 7) is 5.97. The predicted octanol–water partition coefficient (Wildman–Crippen LogP) is 3.05. The molecule has 0 saturated heterocycles. The molecule has 2 N–H and O–H groups in total. The zero-order valence-electron chi connectivity index (χ0n) is 13.5. The van der Waals surface area contributed by atoms with Crippen molar-refractivity contribution in [3.05, 3.63) is 41.6 Å². The minimum atomic E-state index is -1.17. The average molecular weight is 317 g/mol. The first-order valence-corrected chi connectivity index (χ1v) is 7.01. The van der Waals surface area contributed by atoms with E-state index in [1.165, 1.54) is 11.8 Å². The van der Waals surface area contributed by atoms with Gasteiger partial charge in [0.25, 0.3) is 0 Å². The first-order chi connectivity index (χ1) is 10.7. The van der Waals surface area contributed by atoms with Gasteiger partial charge in [-0.3, -0.25) is 5.32 Å². The third kappa shape index (κ3) is 3.68. The molecule has 2 rings (SSSR count). The molecule has 7 nitrogen and oxygen atoms in total. The minimum absolute atomic E-state index is 0.230. The summed E-state index contributed by atoms with van der Waals surface area (Å²) in [6, 6.07) is 8.26. The Balaban J connectivity index is 2.46. The lowest BCUT2D eigenvalue weighted by molar-refractivity contribution is 0.0600. The Kier molecular flexibility index (Phi) is 4.40. The van der Waals surface area contributed by atoms with Crippen molar-refractivity contribution in [1.29, 1.82) is 0 Å². The summed E-state index contributed by atoms with van der Waals surface area (Å²) in [5.74, 6) is -0.0930. The molecule has 0 saturated carbocycles. The van der Waals surface area contributed by atoms with Crippen molar-refractivity contribution in [2.24, 2.45) is 0 Å². The van der Waals surface area contributed by atoms with Gasteiger partial charge in [-0.1, -0.05) is 20.8 Å². The van der Waals surface area contributed by atoms with E-state index in [0.717, 1.165) is 5.69 Å². The van der Waals surface area contributed by atoms with E-state index in [9.17, 15) is 9.59 Å². The molecule has 2 aromatic rings. The largest absolute Gasteiger partial charge is 0.465 e. The SMILES string of the molecule is COC(=O)c1ccc(-n2nc(C(C)(C)C)cc2NC(=O)O)cc1. The van der Waals surface area contributed by atoms with E-state index in [1.54, 1.807) is 30.3 Å². The van der Waals surface area contributed by atoms with Crippen LogP contribution in [0, 0.1) is 0 Å². The van der Waals surface area contributed by atoms with Crippen LogP contribution in [0.15, 0.2) is 30.3 Å². The zero-order chi connectivity index (χ0) is 17.2. The molecule has 7 heteroatoms. The summed E-state index contributed by atoms with van der Waals surface area (Å²) in [4.78, 5) is 22.5. The van der Waals surface area contributed by atoms with Crippen LogP contribution in [-0.2, 0) is 10.2 Å². The Morgan fingerprint density at radius 2 is 1.83 bits per heavy atom. The normalized spacial score (nSPS) is 11.1. The molecule has 0 spiro atoms. The number of rotatable bonds is 3. The number of methoxy groups -OCH3 is 1. The highest BCUT2D eigenvalue weighted by molar-refractivity contribution is 5.89. The van der Waals surface area contributed by atoms with Crippen molar-refractivity contribution in [3.63, 3.8) is 0 Å². The summed E-state index contributed by atoms with van der Waals surface area (Å²) in [5.41, 5.74) is 1.56. The van der Waals surface area contributed by atoms with Crippen molar-refractivity contribution in [2.45, 2.75) is 26.2 Å². The van der Waals surface area contributed by atoms with Crippen molar-refractivity contribution < 1.29 is 19.4 Å². The van der Waals surface area contributed by atoms with Crippen LogP contribution in [0.3, 0.4) is 0 Å². The van der Waals surface area contributed by atoms with Gasteiger partial charge in [0.05, 0.1) is 24.1 Å². The van der Waals surface area contributed by atoms with Crippen LogP contribution in [0.2, 0.25) is 0 Å². The van der Waals surface area contributed by atoms with E-state index < -0.39 is 12.1 Å². The van der Waals surface area contributed by atoms with Crippen molar-refractivity contribution in [1.82, 2.24) is 9.78 Å². The first-order valence-electron chi connectivity index (χ1n) is 7.01. The monoisotopic (exact) mass is 317 g/mol. The molecule has 1 aromatic heterocycles. The van der Waals surface area contributed by atoms with E-state index in [1.807, 2.05) is 20.8 Å². The number of aromatic nitrogens is 2. The number of carboxylic acid groups (broad SMARTS) is 1. The van der Waals surface area contributed by atoms with Crippen LogP contribution < -0.4 is 5.32 Å². The third-order valence-electron chi connectivity index (χ3n) is 3.25. The van der Waals surface area contributed by atoms with Crippen molar-refractivity contribution in [2.75, 3.05) is 12.4 Å². The average Bonchev–Trinajstić information content (AvgIpc) is 2.90. The second-order valence-electron chi connectivity index (χ2n) is 6.05. The van der Waals surface area contributed by atoms with Gasteiger partial charge in [0, 0.05) is 11.5 Å². The smallest absolute Gasteiger partial charge is 0.410 e. The Hall–Kier alpha value is -2.83. The predicted molar refractivity (Wildman–Crippen MR) is 85.3 cm³/mol. The molecule has 0 fully saturated rings. The number of anilines is 1. The number of esters is 1. The zero-order valence-corrected chi connectivity index (χ0v) is 13.5. The van der Waals surface area contributed by atoms with Gasteiger partial charge in [0.15, 0.2) is 0 Å². The molecule has 1 heterocycles. The van der Waals surface area contributed by atoms with Crippen LogP contribution in [0.1, 0.15) is 36.8 Å². The second-order valence-corrected chi connectivity index (χ2v) is 6.05. The van der Waals surface area contributed by atoms with Gasteiger partial charge < -0.3 is 9.84 Å². The number of ether oxygens (including phenoxy) is 1. The number of benzene rings is 1. The highest BCUT2D eigenvalue weighted by Crippen LogP contribution is 2.26. The number of carbonyl (C=O) groups is 2. The highest BCUT2D eigenvalue weighted by atomic mass is 16.5. The Labute approximate surface area is 133 Å². The van der Waals surface area contributed by atoms with E-state index in [2.05, 4.69) is 15.2 Å². The van der Waals surface area contributed by atoms with Gasteiger partial charge in [-0.2, -0.15) is 5.10 Å². The number of carbonyl (C=O) groups excluding carboxylic acids is 1. The fraction of sp³-hybridized carbons (Fsp3) is 0.312. The Morgan fingerprint density at radius 3 is 2.30 bits per heavy atom. The summed E-state index contributed by atoms with van der Waals surface area (Å²) in [7, 11) is 1.31. The summed E-state index contributed by atoms with van der Waals surface area (Å²) in [5, 5.41) is 15.8. The molecule has 0 radical (unpaired) electrons. The molecule has 0 unspecified atom stereocenters. The standard InChI is InChI=1S/C16H19N3O4/c1-16(2,3)12-9-13(17-15(21)22)19(18-12)11-7-5-10(6-8-11)14(20)23-4/h5-9,17H,1-4H3,(H,21,22). The molecule has 0 aliphatic heterocycles. The molecule has 0 bridgehead atoms. The fourth-order valence-electron chi connectivity index (χ4n) is 2.00. The van der Waals surface area contributed by atoms with Crippen LogP contribution in [0.4, 0.5) is 10.6 Å². The number of hydrogen-bond donors (Lipinski definition) is 2. The maximum atomic E-state index is 11.5. The topological polar surface area (TPSA) is 93.5 Å². The number of amides is 1. The van der Waals surface area contributed by atoms with Crippen LogP contribution in [0.5, 0.6) is 0 Å². The lowest BCUT2D eigenvalue weighted by atomic mass is 9.92. The van der Waals surface area contributed by atoms with Crippen LogP contribution >= 0.6 is 0 Å². The van der Waals surface area contributed by atoms with Crippen LogP contribution in [-0.4, -0.2) is 34.1 Å². The maximum absolute atomic E-state index is 11.5. The van der Waals surface area contributed by atoms with Crippen molar-refractivity contribution >= 4 is 17.9 Å². The van der Waals surface area contributed by atoms with Crippen LogP contribution in [0.25, 0.3) is 5.69 Å². The fourth-order valence-corrected chi connectivity index (χ4v) is 2.00. The van der Waals surface area contributed by atoms with Gasteiger partial charge in [0.2, 0.25) is 0 Å².